The largest absolute Gasteiger partial charge is 0.0847 e. The van der Waals surface area contributed by atoms with Gasteiger partial charge in [-0.1, -0.05) is 94.9 Å². The average molecular weight is 289 g/mol. The van der Waals surface area contributed by atoms with Crippen LogP contribution in [0.1, 0.15) is 96.8 Å². The quantitative estimate of drug-likeness (QED) is 0.263. The van der Waals surface area contributed by atoms with Crippen molar-refractivity contribution in [3.05, 3.63) is 23.8 Å². The molecule has 2 aliphatic rings. The zero-order chi connectivity index (χ0) is 14.8. The molecule has 0 heterocycles. The summed E-state index contributed by atoms with van der Waals surface area (Å²) in [5, 5.41) is 0. The van der Waals surface area contributed by atoms with E-state index in [-0.39, 0.29) is 0 Å². The zero-order valence-electron chi connectivity index (χ0n) is 14.3. The van der Waals surface area contributed by atoms with Crippen molar-refractivity contribution in [2.75, 3.05) is 0 Å². The Hall–Kier alpha value is -0.520. The summed E-state index contributed by atoms with van der Waals surface area (Å²) in [6.45, 7) is 2.30. The summed E-state index contributed by atoms with van der Waals surface area (Å²) in [4.78, 5) is 0. The molecule has 2 rings (SSSR count). The standard InChI is InChI=1S/C21H36/c1-2-3-4-5-6-7-8-9-10-11-12-13-14-20-17-19-15-16-21(20)18-19/h14-16,19,21H,2-13,17-18H2,1H3. The molecule has 2 atom stereocenters. The van der Waals surface area contributed by atoms with E-state index < -0.39 is 0 Å². The normalized spacial score (nSPS) is 25.3. The van der Waals surface area contributed by atoms with Crippen LogP contribution in [0.4, 0.5) is 0 Å². The molecule has 0 aromatic heterocycles. The molecule has 0 spiro atoms. The highest BCUT2D eigenvalue weighted by atomic mass is 14.3. The summed E-state index contributed by atoms with van der Waals surface area (Å²) < 4.78 is 0. The van der Waals surface area contributed by atoms with Gasteiger partial charge in [0.15, 0.2) is 0 Å². The van der Waals surface area contributed by atoms with Crippen molar-refractivity contribution in [2.24, 2.45) is 11.8 Å². The number of hydrogen-bond donors (Lipinski definition) is 0. The molecule has 0 nitrogen and oxygen atoms in total. The molecule has 0 saturated heterocycles. The van der Waals surface area contributed by atoms with Crippen LogP contribution in [0.25, 0.3) is 0 Å². The highest BCUT2D eigenvalue weighted by Gasteiger charge is 2.29. The molecule has 1 saturated carbocycles. The second kappa shape index (κ2) is 10.2. The summed E-state index contributed by atoms with van der Waals surface area (Å²) >= 11 is 0. The van der Waals surface area contributed by atoms with Crippen LogP contribution < -0.4 is 0 Å². The van der Waals surface area contributed by atoms with Crippen LogP contribution in [-0.2, 0) is 0 Å². The van der Waals surface area contributed by atoms with Crippen LogP contribution in [0, 0.1) is 11.8 Å². The molecule has 2 unspecified atom stereocenters. The Labute approximate surface area is 133 Å². The van der Waals surface area contributed by atoms with E-state index >= 15 is 0 Å². The molecule has 0 aromatic rings. The van der Waals surface area contributed by atoms with Gasteiger partial charge in [0.25, 0.3) is 0 Å². The minimum absolute atomic E-state index is 0.836. The molecule has 0 N–H and O–H groups in total. The second-order valence-electron chi connectivity index (χ2n) is 7.29. The van der Waals surface area contributed by atoms with Gasteiger partial charge >= 0.3 is 0 Å². The third-order valence-electron chi connectivity index (χ3n) is 5.36. The first-order valence-electron chi connectivity index (χ1n) is 9.77. The second-order valence-corrected chi connectivity index (χ2v) is 7.29. The van der Waals surface area contributed by atoms with Gasteiger partial charge < -0.3 is 0 Å². The SMILES string of the molecule is CCCCCCCCCCCCCC=C1CC2C=CC1C2. The van der Waals surface area contributed by atoms with Crippen molar-refractivity contribution in [2.45, 2.75) is 96.8 Å². The van der Waals surface area contributed by atoms with Crippen LogP contribution in [0.2, 0.25) is 0 Å². The molecule has 0 heteroatoms. The van der Waals surface area contributed by atoms with Crippen molar-refractivity contribution in [3.8, 4) is 0 Å². The van der Waals surface area contributed by atoms with Crippen molar-refractivity contribution >= 4 is 0 Å². The Balaban J connectivity index is 1.35. The Morgan fingerprint density at radius 2 is 1.48 bits per heavy atom. The molecular formula is C21H36. The molecular weight excluding hydrogens is 252 g/mol. The van der Waals surface area contributed by atoms with Crippen molar-refractivity contribution < 1.29 is 0 Å². The first kappa shape index (κ1) is 16.8. The lowest BCUT2D eigenvalue weighted by atomic mass is 9.98. The maximum Gasteiger partial charge on any atom is -0.00173 e. The first-order chi connectivity index (χ1) is 10.4. The van der Waals surface area contributed by atoms with Crippen LogP contribution in [0.5, 0.6) is 0 Å². The number of allylic oxidation sites excluding steroid dienone is 4. The van der Waals surface area contributed by atoms with E-state index in [9.17, 15) is 0 Å². The van der Waals surface area contributed by atoms with Crippen molar-refractivity contribution in [1.82, 2.24) is 0 Å². The van der Waals surface area contributed by atoms with E-state index in [4.69, 9.17) is 0 Å². The lowest BCUT2D eigenvalue weighted by Crippen LogP contribution is -1.92. The maximum absolute atomic E-state index is 2.57. The molecule has 0 aliphatic heterocycles. The topological polar surface area (TPSA) is 0 Å². The first-order valence-corrected chi connectivity index (χ1v) is 9.77. The Bertz CT molecular complexity index is 323. The third-order valence-corrected chi connectivity index (χ3v) is 5.36. The minimum Gasteiger partial charge on any atom is -0.0847 e. The highest BCUT2D eigenvalue weighted by Crippen LogP contribution is 2.43. The smallest absolute Gasteiger partial charge is 0.00173 e. The van der Waals surface area contributed by atoms with Gasteiger partial charge in [0, 0.05) is 0 Å². The van der Waals surface area contributed by atoms with Crippen LogP contribution in [-0.4, -0.2) is 0 Å². The molecule has 2 aliphatic carbocycles. The molecule has 120 valence electrons. The van der Waals surface area contributed by atoms with Gasteiger partial charge in [0.1, 0.15) is 0 Å². The van der Waals surface area contributed by atoms with Crippen LogP contribution in [0.3, 0.4) is 0 Å². The fourth-order valence-electron chi connectivity index (χ4n) is 3.99. The van der Waals surface area contributed by atoms with Crippen LogP contribution >= 0.6 is 0 Å². The highest BCUT2D eigenvalue weighted by molar-refractivity contribution is 5.26. The third kappa shape index (κ3) is 6.41. The van der Waals surface area contributed by atoms with Gasteiger partial charge in [-0.25, -0.2) is 0 Å². The summed E-state index contributed by atoms with van der Waals surface area (Å²) in [5.74, 6) is 1.74. The van der Waals surface area contributed by atoms with Gasteiger partial charge in [-0.2, -0.15) is 0 Å². The number of fused-ring (bicyclic) bond motifs is 2. The van der Waals surface area contributed by atoms with E-state index in [1.165, 1.54) is 89.9 Å². The van der Waals surface area contributed by atoms with Crippen molar-refractivity contribution in [3.63, 3.8) is 0 Å². The molecule has 1 fully saturated rings. The molecule has 21 heavy (non-hydrogen) atoms. The molecule has 0 radical (unpaired) electrons. The van der Waals surface area contributed by atoms with E-state index in [1.807, 2.05) is 0 Å². The van der Waals surface area contributed by atoms with E-state index in [2.05, 4.69) is 25.2 Å². The number of rotatable bonds is 12. The van der Waals surface area contributed by atoms with Gasteiger partial charge in [0.2, 0.25) is 0 Å². The molecule has 0 amide bonds. The van der Waals surface area contributed by atoms with Crippen molar-refractivity contribution in [1.29, 1.82) is 0 Å². The van der Waals surface area contributed by atoms with E-state index in [0.717, 1.165) is 11.8 Å². The summed E-state index contributed by atoms with van der Waals surface area (Å²) in [6.07, 6.45) is 27.5. The fraction of sp³-hybridized carbons (Fsp3) is 0.810. The lowest BCUT2D eigenvalue weighted by Gasteiger charge is -2.07. The number of unbranched alkanes of at least 4 members (excludes halogenated alkanes) is 11. The minimum atomic E-state index is 0.836. The molecule has 0 aromatic carbocycles. The Kier molecular flexibility index (Phi) is 8.22. The predicted molar refractivity (Wildman–Crippen MR) is 94.5 cm³/mol. The maximum atomic E-state index is 2.57. The summed E-state index contributed by atoms with van der Waals surface area (Å²) in [5.41, 5.74) is 1.76. The van der Waals surface area contributed by atoms with E-state index in [1.54, 1.807) is 5.57 Å². The van der Waals surface area contributed by atoms with Gasteiger partial charge in [-0.15, -0.1) is 0 Å². The monoisotopic (exact) mass is 288 g/mol. The Morgan fingerprint density at radius 1 is 0.857 bits per heavy atom. The fourth-order valence-corrected chi connectivity index (χ4v) is 3.99. The Morgan fingerprint density at radius 3 is 2.00 bits per heavy atom. The van der Waals surface area contributed by atoms with Crippen LogP contribution in [0.15, 0.2) is 23.8 Å². The predicted octanol–water partition coefficient (Wildman–Crippen LogP) is 7.21. The van der Waals surface area contributed by atoms with E-state index in [0.29, 0.717) is 0 Å². The molecule has 2 bridgehead atoms. The zero-order valence-corrected chi connectivity index (χ0v) is 14.3. The van der Waals surface area contributed by atoms with Gasteiger partial charge in [-0.3, -0.25) is 0 Å². The average Bonchev–Trinajstić information content (AvgIpc) is 3.11. The number of hydrogen-bond acceptors (Lipinski definition) is 0. The summed E-state index contributed by atoms with van der Waals surface area (Å²) in [6, 6.07) is 0. The van der Waals surface area contributed by atoms with Gasteiger partial charge in [0.05, 0.1) is 0 Å². The summed E-state index contributed by atoms with van der Waals surface area (Å²) in [7, 11) is 0. The van der Waals surface area contributed by atoms with Gasteiger partial charge in [-0.05, 0) is 37.5 Å². The lowest BCUT2D eigenvalue weighted by molar-refractivity contribution is 0.550.